The second-order valence-corrected chi connectivity index (χ2v) is 6.90. The zero-order valence-corrected chi connectivity index (χ0v) is 15.8. The average molecular weight is 352 g/mol. The lowest BCUT2D eigenvalue weighted by Crippen LogP contribution is -2.40. The minimum atomic E-state index is -0.353. The first-order chi connectivity index (χ1) is 12.5. The van der Waals surface area contributed by atoms with Crippen LogP contribution in [-0.2, 0) is 9.59 Å². The lowest BCUT2D eigenvalue weighted by Gasteiger charge is -2.24. The van der Waals surface area contributed by atoms with Gasteiger partial charge in [-0.15, -0.1) is 0 Å². The fourth-order valence-electron chi connectivity index (χ4n) is 3.02. The monoisotopic (exact) mass is 352 g/mol. The minimum absolute atomic E-state index is 0.0376. The third-order valence-electron chi connectivity index (χ3n) is 4.24. The molecule has 4 nitrogen and oxygen atoms in total. The van der Waals surface area contributed by atoms with Gasteiger partial charge in [0.2, 0.25) is 11.8 Å². The van der Waals surface area contributed by atoms with Gasteiger partial charge >= 0.3 is 0 Å². The highest BCUT2D eigenvalue weighted by Gasteiger charge is 2.22. The molecule has 0 unspecified atom stereocenters. The van der Waals surface area contributed by atoms with E-state index in [0.717, 1.165) is 11.1 Å². The van der Waals surface area contributed by atoms with Crippen LogP contribution >= 0.6 is 0 Å². The third-order valence-corrected chi connectivity index (χ3v) is 4.24. The minimum Gasteiger partial charge on any atom is -0.354 e. The summed E-state index contributed by atoms with van der Waals surface area (Å²) in [6.45, 7) is 7.40. The molecule has 2 rings (SSSR count). The number of nitrogens with zero attached hydrogens (tertiary/aromatic N) is 1. The Labute approximate surface area is 156 Å². The van der Waals surface area contributed by atoms with Crippen molar-refractivity contribution < 1.29 is 9.59 Å². The molecule has 138 valence electrons. The Morgan fingerprint density at radius 2 is 1.42 bits per heavy atom. The molecule has 2 amide bonds. The summed E-state index contributed by atoms with van der Waals surface area (Å²) in [4.78, 5) is 26.4. The lowest BCUT2D eigenvalue weighted by atomic mass is 9.90. The molecular formula is C22H28N2O2. The standard InChI is InChI=1S/C22H28N2O2/c1-17(2)16-24(18(3)25)15-14-23-22(26)21(19-10-6-4-7-11-19)20-12-8-5-9-13-20/h4-13,17,21H,14-16H2,1-3H3,(H,23,26). The van der Waals surface area contributed by atoms with Gasteiger partial charge in [0, 0.05) is 26.6 Å². The van der Waals surface area contributed by atoms with Gasteiger partial charge in [-0.3, -0.25) is 9.59 Å². The van der Waals surface area contributed by atoms with Crippen LogP contribution in [0.15, 0.2) is 60.7 Å². The van der Waals surface area contributed by atoms with E-state index in [9.17, 15) is 9.59 Å². The van der Waals surface area contributed by atoms with Crippen LogP contribution in [-0.4, -0.2) is 36.3 Å². The summed E-state index contributed by atoms with van der Waals surface area (Å²) in [5, 5.41) is 3.01. The number of hydrogen-bond acceptors (Lipinski definition) is 2. The molecule has 2 aromatic rings. The number of nitrogens with one attached hydrogen (secondary N) is 1. The highest BCUT2D eigenvalue weighted by molar-refractivity contribution is 5.87. The van der Waals surface area contributed by atoms with Crippen molar-refractivity contribution >= 4 is 11.8 Å². The maximum absolute atomic E-state index is 12.9. The zero-order valence-electron chi connectivity index (χ0n) is 15.8. The predicted octanol–water partition coefficient (Wildman–Crippen LogP) is 3.44. The van der Waals surface area contributed by atoms with Crippen LogP contribution < -0.4 is 5.32 Å². The van der Waals surface area contributed by atoms with Crippen molar-refractivity contribution in [2.75, 3.05) is 19.6 Å². The molecule has 0 saturated carbocycles. The summed E-state index contributed by atoms with van der Waals surface area (Å²) >= 11 is 0. The molecule has 0 aliphatic rings. The Morgan fingerprint density at radius 1 is 0.923 bits per heavy atom. The van der Waals surface area contributed by atoms with E-state index in [1.807, 2.05) is 60.7 Å². The van der Waals surface area contributed by atoms with Crippen molar-refractivity contribution in [3.63, 3.8) is 0 Å². The number of rotatable bonds is 8. The quantitative estimate of drug-likeness (QED) is 0.791. The summed E-state index contributed by atoms with van der Waals surface area (Å²) in [7, 11) is 0. The molecule has 0 bridgehead atoms. The van der Waals surface area contributed by atoms with Crippen molar-refractivity contribution in [1.82, 2.24) is 10.2 Å². The molecule has 4 heteroatoms. The largest absolute Gasteiger partial charge is 0.354 e. The number of carbonyl (C=O) groups excluding carboxylic acids is 2. The fraction of sp³-hybridized carbons (Fsp3) is 0.364. The molecular weight excluding hydrogens is 324 g/mol. The Morgan fingerprint density at radius 3 is 1.85 bits per heavy atom. The van der Waals surface area contributed by atoms with Gasteiger partial charge in [-0.25, -0.2) is 0 Å². The van der Waals surface area contributed by atoms with Crippen molar-refractivity contribution in [2.45, 2.75) is 26.7 Å². The van der Waals surface area contributed by atoms with Crippen molar-refractivity contribution in [1.29, 1.82) is 0 Å². The molecule has 0 heterocycles. The van der Waals surface area contributed by atoms with E-state index in [-0.39, 0.29) is 17.7 Å². The topological polar surface area (TPSA) is 49.4 Å². The number of carbonyl (C=O) groups is 2. The molecule has 0 aliphatic heterocycles. The summed E-state index contributed by atoms with van der Waals surface area (Å²) < 4.78 is 0. The van der Waals surface area contributed by atoms with E-state index < -0.39 is 0 Å². The molecule has 0 aliphatic carbocycles. The van der Waals surface area contributed by atoms with Gasteiger partial charge in [-0.05, 0) is 17.0 Å². The van der Waals surface area contributed by atoms with E-state index in [4.69, 9.17) is 0 Å². The third kappa shape index (κ3) is 5.73. The summed E-state index contributed by atoms with van der Waals surface area (Å²) in [6.07, 6.45) is 0. The molecule has 1 N–H and O–H groups in total. The Hall–Kier alpha value is -2.62. The highest BCUT2D eigenvalue weighted by Crippen LogP contribution is 2.24. The van der Waals surface area contributed by atoms with Crippen LogP contribution in [0, 0.1) is 5.92 Å². The van der Waals surface area contributed by atoms with Crippen LogP contribution in [0.2, 0.25) is 0 Å². The summed E-state index contributed by atoms with van der Waals surface area (Å²) in [6, 6.07) is 19.5. The van der Waals surface area contributed by atoms with Crippen molar-refractivity contribution in [3.8, 4) is 0 Å². The zero-order chi connectivity index (χ0) is 18.9. The number of amides is 2. The SMILES string of the molecule is CC(=O)N(CCNC(=O)C(c1ccccc1)c1ccccc1)CC(C)C. The van der Waals surface area contributed by atoms with E-state index >= 15 is 0 Å². The van der Waals surface area contributed by atoms with Gasteiger partial charge in [-0.1, -0.05) is 74.5 Å². The van der Waals surface area contributed by atoms with E-state index in [1.54, 1.807) is 11.8 Å². The van der Waals surface area contributed by atoms with Crippen LogP contribution in [0.5, 0.6) is 0 Å². The van der Waals surface area contributed by atoms with Crippen molar-refractivity contribution in [2.24, 2.45) is 5.92 Å². The lowest BCUT2D eigenvalue weighted by molar-refractivity contribution is -0.130. The maximum atomic E-state index is 12.9. The van der Waals surface area contributed by atoms with Gasteiger partial charge in [0.15, 0.2) is 0 Å². The van der Waals surface area contributed by atoms with E-state index in [2.05, 4.69) is 19.2 Å². The van der Waals surface area contributed by atoms with Crippen molar-refractivity contribution in [3.05, 3.63) is 71.8 Å². The second kappa shape index (κ2) is 9.76. The van der Waals surface area contributed by atoms with Crippen LogP contribution in [0.3, 0.4) is 0 Å². The normalized spacial score (nSPS) is 10.8. The highest BCUT2D eigenvalue weighted by atomic mass is 16.2. The average Bonchev–Trinajstić information content (AvgIpc) is 2.62. The smallest absolute Gasteiger partial charge is 0.232 e. The number of hydrogen-bond donors (Lipinski definition) is 1. The summed E-state index contributed by atoms with van der Waals surface area (Å²) in [5.41, 5.74) is 1.92. The molecule has 2 aromatic carbocycles. The maximum Gasteiger partial charge on any atom is 0.232 e. The van der Waals surface area contributed by atoms with Gasteiger partial charge in [0.05, 0.1) is 5.92 Å². The van der Waals surface area contributed by atoms with Gasteiger partial charge in [-0.2, -0.15) is 0 Å². The van der Waals surface area contributed by atoms with Crippen LogP contribution in [0.25, 0.3) is 0 Å². The molecule has 0 aromatic heterocycles. The van der Waals surface area contributed by atoms with E-state index in [0.29, 0.717) is 25.6 Å². The van der Waals surface area contributed by atoms with Gasteiger partial charge < -0.3 is 10.2 Å². The second-order valence-electron chi connectivity index (χ2n) is 6.90. The molecule has 0 fully saturated rings. The predicted molar refractivity (Wildman–Crippen MR) is 105 cm³/mol. The molecule has 0 saturated heterocycles. The first-order valence-corrected chi connectivity index (χ1v) is 9.12. The summed E-state index contributed by atoms with van der Waals surface area (Å²) in [5.74, 6) is 0.0373. The first kappa shape index (κ1) is 19.7. The van der Waals surface area contributed by atoms with Gasteiger partial charge in [0.25, 0.3) is 0 Å². The fourth-order valence-corrected chi connectivity index (χ4v) is 3.02. The molecule has 26 heavy (non-hydrogen) atoms. The van der Waals surface area contributed by atoms with Crippen LogP contribution in [0.1, 0.15) is 37.8 Å². The molecule has 0 spiro atoms. The Bertz CT molecular complexity index is 659. The Balaban J connectivity index is 2.07. The van der Waals surface area contributed by atoms with Crippen LogP contribution in [0.4, 0.5) is 0 Å². The van der Waals surface area contributed by atoms with Gasteiger partial charge in [0.1, 0.15) is 0 Å². The first-order valence-electron chi connectivity index (χ1n) is 9.12. The molecule has 0 radical (unpaired) electrons. The number of benzene rings is 2. The Kier molecular flexibility index (Phi) is 7.39. The van der Waals surface area contributed by atoms with E-state index in [1.165, 1.54) is 0 Å². The molecule has 0 atom stereocenters.